The van der Waals surface area contributed by atoms with Crippen molar-refractivity contribution in [2.75, 3.05) is 12.4 Å². The molecule has 0 aliphatic carbocycles. The maximum absolute atomic E-state index is 13.8. The summed E-state index contributed by atoms with van der Waals surface area (Å²) in [6, 6.07) is 4.16. The number of hydrogen-bond acceptors (Lipinski definition) is 4. The molecular weight excluding hydrogens is 373 g/mol. The quantitative estimate of drug-likeness (QED) is 0.801. The number of ether oxygens (including phenoxy) is 1. The van der Waals surface area contributed by atoms with E-state index in [0.717, 1.165) is 10.4 Å². The van der Waals surface area contributed by atoms with Gasteiger partial charge in [0.25, 0.3) is 5.91 Å². The first kappa shape index (κ1) is 16.6. The van der Waals surface area contributed by atoms with E-state index in [2.05, 4.69) is 21.2 Å². The maximum atomic E-state index is 13.8. The summed E-state index contributed by atoms with van der Waals surface area (Å²) in [4.78, 5) is 25.0. The lowest BCUT2D eigenvalue weighted by atomic mass is 10.1. The minimum Gasteiger partial charge on any atom is -0.465 e. The Morgan fingerprint density at radius 3 is 2.59 bits per heavy atom. The van der Waals surface area contributed by atoms with Gasteiger partial charge >= 0.3 is 5.97 Å². The number of anilines is 1. The number of halogens is 2. The van der Waals surface area contributed by atoms with Crippen molar-refractivity contribution in [2.45, 2.75) is 13.8 Å². The number of methoxy groups -OCH3 is 1. The highest BCUT2D eigenvalue weighted by molar-refractivity contribution is 9.10. The van der Waals surface area contributed by atoms with E-state index in [-0.39, 0.29) is 5.56 Å². The fourth-order valence-corrected chi connectivity index (χ4v) is 3.28. The molecule has 0 unspecified atom stereocenters. The van der Waals surface area contributed by atoms with Gasteiger partial charge in [-0.25, -0.2) is 9.18 Å². The summed E-state index contributed by atoms with van der Waals surface area (Å²) in [6.45, 7) is 3.61. The Balaban J connectivity index is 2.36. The molecule has 0 spiro atoms. The van der Waals surface area contributed by atoms with Crippen LogP contribution in [0.3, 0.4) is 0 Å². The van der Waals surface area contributed by atoms with Crippen LogP contribution in [0, 0.1) is 19.7 Å². The molecule has 1 aromatic carbocycles. The second-order valence-corrected chi connectivity index (χ2v) is 6.70. The first-order valence-electron chi connectivity index (χ1n) is 6.29. The number of esters is 1. The van der Waals surface area contributed by atoms with Crippen LogP contribution >= 0.6 is 27.3 Å². The van der Waals surface area contributed by atoms with E-state index >= 15 is 0 Å². The summed E-state index contributed by atoms with van der Waals surface area (Å²) in [5, 5.41) is 2.94. The van der Waals surface area contributed by atoms with E-state index in [1.165, 1.54) is 30.6 Å². The molecule has 22 heavy (non-hydrogen) atoms. The number of carbonyl (C=O) groups is 2. The van der Waals surface area contributed by atoms with Crippen LogP contribution in [-0.4, -0.2) is 19.0 Å². The molecule has 0 atom stereocenters. The van der Waals surface area contributed by atoms with Crippen molar-refractivity contribution in [1.29, 1.82) is 0 Å². The predicted molar refractivity (Wildman–Crippen MR) is 87.2 cm³/mol. The topological polar surface area (TPSA) is 55.4 Å². The number of rotatable bonds is 3. The average molecular weight is 386 g/mol. The smallest absolute Gasteiger partial charge is 0.341 e. The van der Waals surface area contributed by atoms with Crippen LogP contribution in [0.25, 0.3) is 0 Å². The highest BCUT2D eigenvalue weighted by atomic mass is 79.9. The standard InChI is InChI=1S/C15H13BrFNO3S/c1-7-8(2)22-14(12(7)15(20)21-3)18-13(19)10-5-4-9(16)6-11(10)17/h4-6H,1-3H3,(H,18,19). The summed E-state index contributed by atoms with van der Waals surface area (Å²) >= 11 is 4.39. The zero-order valence-electron chi connectivity index (χ0n) is 12.1. The van der Waals surface area contributed by atoms with Crippen LogP contribution < -0.4 is 5.32 Å². The molecule has 1 heterocycles. The third kappa shape index (κ3) is 3.20. The van der Waals surface area contributed by atoms with Crippen LogP contribution in [0.2, 0.25) is 0 Å². The zero-order chi connectivity index (χ0) is 16.4. The predicted octanol–water partition coefficient (Wildman–Crippen LogP) is 4.31. The number of carbonyl (C=O) groups excluding carboxylic acids is 2. The number of benzene rings is 1. The number of nitrogens with one attached hydrogen (secondary N) is 1. The molecule has 1 N–H and O–H groups in total. The SMILES string of the molecule is COC(=O)c1c(NC(=O)c2ccc(Br)cc2F)sc(C)c1C. The monoisotopic (exact) mass is 385 g/mol. The van der Waals surface area contributed by atoms with Crippen LogP contribution in [-0.2, 0) is 4.74 Å². The molecule has 0 fully saturated rings. The van der Waals surface area contributed by atoms with Crippen molar-refractivity contribution in [3.05, 3.63) is 50.1 Å². The van der Waals surface area contributed by atoms with Gasteiger partial charge in [-0.05, 0) is 37.6 Å². The third-order valence-electron chi connectivity index (χ3n) is 3.18. The summed E-state index contributed by atoms with van der Waals surface area (Å²) < 4.78 is 19.1. The molecule has 7 heteroatoms. The number of amides is 1. The van der Waals surface area contributed by atoms with Crippen molar-refractivity contribution in [3.8, 4) is 0 Å². The Morgan fingerprint density at radius 2 is 2.00 bits per heavy atom. The molecule has 1 amide bonds. The lowest BCUT2D eigenvalue weighted by molar-refractivity contribution is 0.0601. The van der Waals surface area contributed by atoms with Gasteiger partial charge in [0.15, 0.2) is 0 Å². The van der Waals surface area contributed by atoms with Gasteiger partial charge < -0.3 is 10.1 Å². The van der Waals surface area contributed by atoms with Gasteiger partial charge in [0.1, 0.15) is 10.8 Å². The molecule has 116 valence electrons. The number of aryl methyl sites for hydroxylation is 1. The molecule has 0 bridgehead atoms. The van der Waals surface area contributed by atoms with Crippen molar-refractivity contribution in [3.63, 3.8) is 0 Å². The van der Waals surface area contributed by atoms with E-state index in [1.54, 1.807) is 13.0 Å². The lowest BCUT2D eigenvalue weighted by Crippen LogP contribution is -2.15. The highest BCUT2D eigenvalue weighted by Crippen LogP contribution is 2.33. The Hall–Kier alpha value is -1.73. The lowest BCUT2D eigenvalue weighted by Gasteiger charge is -2.07. The van der Waals surface area contributed by atoms with Crippen molar-refractivity contribution in [2.24, 2.45) is 0 Å². The Bertz CT molecular complexity index is 757. The minimum absolute atomic E-state index is 0.0947. The van der Waals surface area contributed by atoms with E-state index in [9.17, 15) is 14.0 Å². The fourth-order valence-electron chi connectivity index (χ4n) is 1.91. The molecule has 2 aromatic rings. The molecular formula is C15H13BrFNO3S. The zero-order valence-corrected chi connectivity index (χ0v) is 14.5. The van der Waals surface area contributed by atoms with E-state index in [0.29, 0.717) is 15.0 Å². The molecule has 1 aromatic heterocycles. The van der Waals surface area contributed by atoms with Crippen LogP contribution in [0.1, 0.15) is 31.2 Å². The minimum atomic E-state index is -0.642. The van der Waals surface area contributed by atoms with E-state index in [1.807, 2.05) is 6.92 Å². The molecule has 0 saturated carbocycles. The third-order valence-corrected chi connectivity index (χ3v) is 4.79. The molecule has 0 aliphatic heterocycles. The van der Waals surface area contributed by atoms with Gasteiger partial charge in [0.05, 0.1) is 18.2 Å². The largest absolute Gasteiger partial charge is 0.465 e. The first-order chi connectivity index (χ1) is 10.3. The maximum Gasteiger partial charge on any atom is 0.341 e. The van der Waals surface area contributed by atoms with E-state index < -0.39 is 17.7 Å². The van der Waals surface area contributed by atoms with Gasteiger partial charge in [0, 0.05) is 9.35 Å². The van der Waals surface area contributed by atoms with Crippen LogP contribution in [0.15, 0.2) is 22.7 Å². The first-order valence-corrected chi connectivity index (χ1v) is 7.90. The second-order valence-electron chi connectivity index (χ2n) is 4.56. The van der Waals surface area contributed by atoms with Gasteiger partial charge in [-0.2, -0.15) is 0 Å². The highest BCUT2D eigenvalue weighted by Gasteiger charge is 2.22. The van der Waals surface area contributed by atoms with Crippen LogP contribution in [0.5, 0.6) is 0 Å². The summed E-state index contributed by atoms with van der Waals surface area (Å²) in [5.41, 5.74) is 0.946. The van der Waals surface area contributed by atoms with Gasteiger partial charge in [-0.15, -0.1) is 11.3 Å². The van der Waals surface area contributed by atoms with Gasteiger partial charge in [-0.1, -0.05) is 15.9 Å². The van der Waals surface area contributed by atoms with Crippen molar-refractivity contribution >= 4 is 44.1 Å². The summed E-state index contributed by atoms with van der Waals surface area (Å²) in [5.74, 6) is -1.79. The van der Waals surface area contributed by atoms with Crippen molar-refractivity contribution < 1.29 is 18.7 Å². The molecule has 0 radical (unpaired) electrons. The van der Waals surface area contributed by atoms with Gasteiger partial charge in [-0.3, -0.25) is 4.79 Å². The molecule has 2 rings (SSSR count). The normalized spacial score (nSPS) is 10.4. The Labute approximate surface area is 139 Å². The van der Waals surface area contributed by atoms with Gasteiger partial charge in [0.2, 0.25) is 0 Å². The summed E-state index contributed by atoms with van der Waals surface area (Å²) in [7, 11) is 1.27. The molecule has 0 aliphatic rings. The van der Waals surface area contributed by atoms with Crippen molar-refractivity contribution in [1.82, 2.24) is 0 Å². The number of thiophene rings is 1. The van der Waals surface area contributed by atoms with Crippen LogP contribution in [0.4, 0.5) is 9.39 Å². The van der Waals surface area contributed by atoms with E-state index in [4.69, 9.17) is 4.74 Å². The Kier molecular flexibility index (Phi) is 4.97. The molecule has 0 saturated heterocycles. The second kappa shape index (κ2) is 6.58. The number of hydrogen-bond donors (Lipinski definition) is 1. The summed E-state index contributed by atoms with van der Waals surface area (Å²) in [6.07, 6.45) is 0. The average Bonchev–Trinajstić information content (AvgIpc) is 2.72. The Morgan fingerprint density at radius 1 is 1.32 bits per heavy atom. The fraction of sp³-hybridized carbons (Fsp3) is 0.200. The molecule has 4 nitrogen and oxygen atoms in total.